The molecule has 0 saturated carbocycles. The first-order valence-corrected chi connectivity index (χ1v) is 6.08. The van der Waals surface area contributed by atoms with Gasteiger partial charge >= 0.3 is 0 Å². The lowest BCUT2D eigenvalue weighted by molar-refractivity contribution is -0.161. The van der Waals surface area contributed by atoms with Gasteiger partial charge in [-0.15, -0.1) is 0 Å². The predicted molar refractivity (Wildman–Crippen MR) is 64.9 cm³/mol. The average Bonchev–Trinajstić information content (AvgIpc) is 2.61. The van der Waals surface area contributed by atoms with Crippen LogP contribution in [0.3, 0.4) is 0 Å². The van der Waals surface area contributed by atoms with Crippen molar-refractivity contribution in [2.24, 2.45) is 0 Å². The largest absolute Gasteiger partial charge is 0.343 e. The quantitative estimate of drug-likeness (QED) is 0.801. The van der Waals surface area contributed by atoms with Crippen LogP contribution < -0.4 is 0 Å². The van der Waals surface area contributed by atoms with Crippen molar-refractivity contribution in [1.29, 1.82) is 0 Å². The second-order valence-electron chi connectivity index (χ2n) is 4.03. The maximum Gasteiger partial charge on any atom is 0.193 e. The molecule has 2 rings (SSSR count). The summed E-state index contributed by atoms with van der Waals surface area (Å²) in [4.78, 5) is 0. The minimum atomic E-state index is -0.748. The highest BCUT2D eigenvalue weighted by atomic mass is 35.5. The molecule has 1 aromatic carbocycles. The Labute approximate surface area is 105 Å². The summed E-state index contributed by atoms with van der Waals surface area (Å²) in [7, 11) is 0. The van der Waals surface area contributed by atoms with Gasteiger partial charge in [-0.1, -0.05) is 36.2 Å². The summed E-state index contributed by atoms with van der Waals surface area (Å²) in [5.74, 6) is -0.748. The molecule has 2 nitrogen and oxygen atoms in total. The monoisotopic (exact) mass is 260 g/mol. The van der Waals surface area contributed by atoms with Crippen LogP contribution in [0.5, 0.6) is 0 Å². The molecule has 1 saturated heterocycles. The summed E-state index contributed by atoms with van der Waals surface area (Å²) in [6.07, 6.45) is 1.07. The third kappa shape index (κ3) is 2.21. The van der Waals surface area contributed by atoms with Crippen LogP contribution in [0.2, 0.25) is 10.0 Å². The van der Waals surface area contributed by atoms with Crippen LogP contribution >= 0.6 is 23.2 Å². The summed E-state index contributed by atoms with van der Waals surface area (Å²) in [6.45, 7) is 4.56. The summed E-state index contributed by atoms with van der Waals surface area (Å²) in [5.41, 5.74) is 0.828. The molecule has 0 bridgehead atoms. The smallest absolute Gasteiger partial charge is 0.193 e. The fraction of sp³-hybridized carbons (Fsp3) is 0.500. The SMILES string of the molecule is CC[C@@H]1CO[C@@](C)(c2ccc(Cl)cc2Cl)O1. The topological polar surface area (TPSA) is 18.5 Å². The van der Waals surface area contributed by atoms with Crippen LogP contribution in [0.15, 0.2) is 18.2 Å². The molecule has 88 valence electrons. The molecule has 1 aliphatic heterocycles. The molecule has 0 radical (unpaired) electrons. The van der Waals surface area contributed by atoms with E-state index < -0.39 is 5.79 Å². The van der Waals surface area contributed by atoms with Gasteiger partial charge in [0.1, 0.15) is 0 Å². The Kier molecular flexibility index (Phi) is 3.45. The Hall–Kier alpha value is -0.280. The fourth-order valence-corrected chi connectivity index (χ4v) is 2.42. The number of rotatable bonds is 2. The molecule has 2 atom stereocenters. The van der Waals surface area contributed by atoms with Gasteiger partial charge in [-0.2, -0.15) is 0 Å². The van der Waals surface area contributed by atoms with E-state index in [-0.39, 0.29) is 6.10 Å². The Bertz CT molecular complexity index is 395. The molecule has 1 heterocycles. The van der Waals surface area contributed by atoms with E-state index in [2.05, 4.69) is 6.92 Å². The van der Waals surface area contributed by atoms with Gasteiger partial charge in [0.2, 0.25) is 0 Å². The van der Waals surface area contributed by atoms with Gasteiger partial charge in [0.05, 0.1) is 17.7 Å². The Balaban J connectivity index is 2.30. The van der Waals surface area contributed by atoms with E-state index >= 15 is 0 Å². The Morgan fingerprint density at radius 3 is 2.75 bits per heavy atom. The summed E-state index contributed by atoms with van der Waals surface area (Å²) < 4.78 is 11.6. The number of halogens is 2. The molecule has 4 heteroatoms. The molecular formula is C12H14Cl2O2. The maximum absolute atomic E-state index is 6.15. The number of hydrogen-bond donors (Lipinski definition) is 0. The molecule has 0 spiro atoms. The molecular weight excluding hydrogens is 247 g/mol. The van der Waals surface area contributed by atoms with Crippen molar-refractivity contribution in [3.05, 3.63) is 33.8 Å². The van der Waals surface area contributed by atoms with Crippen LogP contribution in [0, 0.1) is 0 Å². The van der Waals surface area contributed by atoms with Crippen LogP contribution in [0.25, 0.3) is 0 Å². The van der Waals surface area contributed by atoms with E-state index in [1.807, 2.05) is 13.0 Å². The molecule has 0 amide bonds. The van der Waals surface area contributed by atoms with E-state index in [0.29, 0.717) is 16.7 Å². The van der Waals surface area contributed by atoms with E-state index in [1.54, 1.807) is 12.1 Å². The van der Waals surface area contributed by atoms with Crippen molar-refractivity contribution in [3.8, 4) is 0 Å². The Morgan fingerprint density at radius 1 is 1.44 bits per heavy atom. The van der Waals surface area contributed by atoms with Gasteiger partial charge in [0, 0.05) is 10.6 Å². The number of hydrogen-bond acceptors (Lipinski definition) is 2. The van der Waals surface area contributed by atoms with Gasteiger partial charge in [0.15, 0.2) is 5.79 Å². The van der Waals surface area contributed by atoms with E-state index in [4.69, 9.17) is 32.7 Å². The maximum atomic E-state index is 6.15. The van der Waals surface area contributed by atoms with E-state index in [1.165, 1.54) is 0 Å². The lowest BCUT2D eigenvalue weighted by atomic mass is 10.1. The zero-order valence-corrected chi connectivity index (χ0v) is 10.8. The van der Waals surface area contributed by atoms with E-state index in [9.17, 15) is 0 Å². The third-order valence-corrected chi connectivity index (χ3v) is 3.36. The lowest BCUT2D eigenvalue weighted by Crippen LogP contribution is -2.24. The first-order valence-electron chi connectivity index (χ1n) is 5.32. The molecule has 16 heavy (non-hydrogen) atoms. The van der Waals surface area contributed by atoms with E-state index in [0.717, 1.165) is 12.0 Å². The van der Waals surface area contributed by atoms with Crippen molar-refractivity contribution < 1.29 is 9.47 Å². The summed E-state index contributed by atoms with van der Waals surface area (Å²) in [5, 5.41) is 1.19. The molecule has 0 N–H and O–H groups in total. The van der Waals surface area contributed by atoms with Crippen LogP contribution in [-0.4, -0.2) is 12.7 Å². The predicted octanol–water partition coefficient (Wildman–Crippen LogP) is 3.99. The highest BCUT2D eigenvalue weighted by molar-refractivity contribution is 6.35. The molecule has 1 aromatic rings. The van der Waals surface area contributed by atoms with Crippen molar-refractivity contribution in [2.75, 3.05) is 6.61 Å². The molecule has 0 aliphatic carbocycles. The highest BCUT2D eigenvalue weighted by Gasteiger charge is 2.39. The van der Waals surface area contributed by atoms with Crippen molar-refractivity contribution in [1.82, 2.24) is 0 Å². The van der Waals surface area contributed by atoms with Gasteiger partial charge in [-0.25, -0.2) is 0 Å². The normalized spacial score (nSPS) is 29.6. The molecule has 0 aromatic heterocycles. The highest BCUT2D eigenvalue weighted by Crippen LogP contribution is 2.39. The molecule has 0 unspecified atom stereocenters. The standard InChI is InChI=1S/C12H14Cl2O2/c1-3-9-7-15-12(2,16-9)10-5-4-8(13)6-11(10)14/h4-6,9H,3,7H2,1-2H3/t9-,12-/m1/s1. The average molecular weight is 261 g/mol. The Morgan fingerprint density at radius 2 is 2.19 bits per heavy atom. The zero-order chi connectivity index (χ0) is 11.8. The number of ether oxygens (including phenoxy) is 2. The van der Waals surface area contributed by atoms with Gasteiger partial charge in [0.25, 0.3) is 0 Å². The lowest BCUT2D eigenvalue weighted by Gasteiger charge is -2.24. The summed E-state index contributed by atoms with van der Waals surface area (Å²) in [6, 6.07) is 5.35. The van der Waals surface area contributed by atoms with Crippen LogP contribution in [0.4, 0.5) is 0 Å². The minimum absolute atomic E-state index is 0.136. The fourth-order valence-electron chi connectivity index (χ4n) is 1.84. The number of benzene rings is 1. The molecule has 1 aliphatic rings. The first-order chi connectivity index (χ1) is 7.55. The van der Waals surface area contributed by atoms with Gasteiger partial charge in [-0.05, 0) is 25.5 Å². The minimum Gasteiger partial charge on any atom is -0.343 e. The molecule has 1 fully saturated rings. The van der Waals surface area contributed by atoms with Gasteiger partial charge in [-0.3, -0.25) is 0 Å². The summed E-state index contributed by atoms with van der Waals surface area (Å²) >= 11 is 12.0. The van der Waals surface area contributed by atoms with Crippen molar-refractivity contribution in [2.45, 2.75) is 32.2 Å². The second kappa shape index (κ2) is 4.53. The van der Waals surface area contributed by atoms with Crippen molar-refractivity contribution in [3.63, 3.8) is 0 Å². The third-order valence-electron chi connectivity index (χ3n) is 2.81. The van der Waals surface area contributed by atoms with Gasteiger partial charge < -0.3 is 9.47 Å². The first kappa shape index (κ1) is 12.2. The van der Waals surface area contributed by atoms with Crippen LogP contribution in [0.1, 0.15) is 25.8 Å². The van der Waals surface area contributed by atoms with Crippen molar-refractivity contribution >= 4 is 23.2 Å². The zero-order valence-electron chi connectivity index (χ0n) is 9.30. The second-order valence-corrected chi connectivity index (χ2v) is 4.87. The van der Waals surface area contributed by atoms with Crippen LogP contribution in [-0.2, 0) is 15.3 Å².